The lowest BCUT2D eigenvalue weighted by Gasteiger charge is -2.28. The SMILES string of the molecule is C#CCCC(=O)NCc1ccnc(-c2cc(/C(C#N)=C/C3=C4Oc5cc(N(CC)CC)ccc5C=C4CCC3)ccn2)c1. The van der Waals surface area contributed by atoms with E-state index < -0.39 is 0 Å². The minimum atomic E-state index is -0.0916. The van der Waals surface area contributed by atoms with Crippen LogP contribution in [0, 0.1) is 23.7 Å². The van der Waals surface area contributed by atoms with Crippen LogP contribution >= 0.6 is 0 Å². The van der Waals surface area contributed by atoms with Gasteiger partial charge in [0.05, 0.1) is 23.0 Å². The van der Waals surface area contributed by atoms with E-state index in [-0.39, 0.29) is 5.91 Å². The van der Waals surface area contributed by atoms with Gasteiger partial charge in [0.15, 0.2) is 0 Å². The second-order valence-electron chi connectivity index (χ2n) is 10.5. The molecule has 0 bridgehead atoms. The molecule has 1 aliphatic carbocycles. The number of nitriles is 1. The van der Waals surface area contributed by atoms with Gasteiger partial charge in [-0.1, -0.05) is 0 Å². The lowest BCUT2D eigenvalue weighted by molar-refractivity contribution is -0.121. The number of hydrogen-bond donors (Lipinski definition) is 1. The minimum Gasteiger partial charge on any atom is -0.456 e. The van der Waals surface area contributed by atoms with Crippen molar-refractivity contribution in [2.45, 2.75) is 52.5 Å². The number of amides is 1. The third kappa shape index (κ3) is 6.85. The summed E-state index contributed by atoms with van der Waals surface area (Å²) in [6.45, 7) is 6.53. The van der Waals surface area contributed by atoms with Crippen molar-refractivity contribution in [3.8, 4) is 35.6 Å². The lowest BCUT2D eigenvalue weighted by atomic mass is 9.88. The van der Waals surface area contributed by atoms with Gasteiger partial charge in [-0.15, -0.1) is 12.3 Å². The summed E-state index contributed by atoms with van der Waals surface area (Å²) in [5, 5.41) is 13.1. The second-order valence-corrected chi connectivity index (χ2v) is 10.5. The van der Waals surface area contributed by atoms with Gasteiger partial charge in [-0.3, -0.25) is 14.8 Å². The summed E-state index contributed by atoms with van der Waals surface area (Å²) in [5.74, 6) is 4.09. The first-order chi connectivity index (χ1) is 21.0. The first-order valence-electron chi connectivity index (χ1n) is 14.8. The zero-order valence-electron chi connectivity index (χ0n) is 24.7. The standard InChI is InChI=1S/C36H35N5O2/c1-4-7-11-35(42)40-24-25-14-16-38-32(18-25)33-21-26(15-17-39-33)30(23-37)20-29-10-8-9-28-19-27-12-13-31(41(5-2)6-3)22-34(27)43-36(28)29/h1,12-22H,5-11,24H2,2-3H3,(H,40,42)/b30-20+. The molecule has 0 spiro atoms. The average Bonchev–Trinajstić information content (AvgIpc) is 3.05. The quantitative estimate of drug-likeness (QED) is 0.212. The topological polar surface area (TPSA) is 91.1 Å². The van der Waals surface area contributed by atoms with E-state index >= 15 is 0 Å². The molecule has 1 N–H and O–H groups in total. The van der Waals surface area contributed by atoms with Crippen LogP contribution in [0.2, 0.25) is 0 Å². The predicted octanol–water partition coefficient (Wildman–Crippen LogP) is 6.84. The molecule has 1 aromatic carbocycles. The number of rotatable bonds is 10. The van der Waals surface area contributed by atoms with E-state index in [0.717, 1.165) is 71.8 Å². The van der Waals surface area contributed by atoms with Crippen LogP contribution in [0.5, 0.6) is 5.75 Å². The Labute approximate surface area is 253 Å². The molecule has 1 amide bonds. The van der Waals surface area contributed by atoms with E-state index in [1.165, 1.54) is 5.57 Å². The number of anilines is 1. The first kappa shape index (κ1) is 29.4. The number of carbonyl (C=O) groups excluding carboxylic acids is 1. The number of terminal acetylenes is 1. The van der Waals surface area contributed by atoms with Gasteiger partial charge in [0, 0.05) is 62.2 Å². The highest BCUT2D eigenvalue weighted by atomic mass is 16.5. The molecule has 5 rings (SSSR count). The summed E-state index contributed by atoms with van der Waals surface area (Å²) in [7, 11) is 0. The second kappa shape index (κ2) is 13.7. The molecule has 43 heavy (non-hydrogen) atoms. The highest BCUT2D eigenvalue weighted by Gasteiger charge is 2.24. The molecule has 3 heterocycles. The number of benzene rings is 1. The van der Waals surface area contributed by atoms with E-state index in [1.54, 1.807) is 12.4 Å². The molecule has 7 heteroatoms. The Morgan fingerprint density at radius 2 is 1.88 bits per heavy atom. The summed E-state index contributed by atoms with van der Waals surface area (Å²) in [4.78, 5) is 23.3. The molecule has 2 aliphatic rings. The van der Waals surface area contributed by atoms with Crippen LogP contribution < -0.4 is 15.0 Å². The normalized spacial score (nSPS) is 14.0. The highest BCUT2D eigenvalue weighted by molar-refractivity contribution is 5.81. The van der Waals surface area contributed by atoms with Crippen LogP contribution in [0.15, 0.2) is 77.8 Å². The Morgan fingerprint density at radius 1 is 1.09 bits per heavy atom. The van der Waals surface area contributed by atoms with Gasteiger partial charge >= 0.3 is 0 Å². The van der Waals surface area contributed by atoms with E-state index in [9.17, 15) is 10.1 Å². The van der Waals surface area contributed by atoms with Crippen LogP contribution in [0.4, 0.5) is 5.69 Å². The van der Waals surface area contributed by atoms with Gasteiger partial charge in [-0.05, 0) is 104 Å². The molecule has 0 fully saturated rings. The fraction of sp³-hybridized carbons (Fsp3) is 0.278. The third-order valence-electron chi connectivity index (χ3n) is 7.73. The fourth-order valence-corrected chi connectivity index (χ4v) is 5.41. The van der Waals surface area contributed by atoms with Crippen molar-refractivity contribution in [3.05, 3.63) is 94.5 Å². The van der Waals surface area contributed by atoms with Crippen LogP contribution in [0.1, 0.15) is 62.6 Å². The van der Waals surface area contributed by atoms with Gasteiger partial charge < -0.3 is 15.0 Å². The summed E-state index contributed by atoms with van der Waals surface area (Å²) in [6.07, 6.45) is 16.3. The van der Waals surface area contributed by atoms with Crippen molar-refractivity contribution in [2.75, 3.05) is 18.0 Å². The van der Waals surface area contributed by atoms with Gasteiger partial charge in [0.25, 0.3) is 0 Å². The summed E-state index contributed by atoms with van der Waals surface area (Å²) >= 11 is 0. The zero-order chi connectivity index (χ0) is 30.2. The fourth-order valence-electron chi connectivity index (χ4n) is 5.41. The van der Waals surface area contributed by atoms with Gasteiger partial charge in [-0.25, -0.2) is 0 Å². The van der Waals surface area contributed by atoms with Crippen LogP contribution in [0.25, 0.3) is 23.0 Å². The lowest BCUT2D eigenvalue weighted by Crippen LogP contribution is -2.22. The van der Waals surface area contributed by atoms with Crippen LogP contribution in [-0.4, -0.2) is 29.0 Å². The zero-order valence-corrected chi connectivity index (χ0v) is 24.7. The maximum Gasteiger partial charge on any atom is 0.221 e. The smallest absolute Gasteiger partial charge is 0.221 e. The summed E-state index contributed by atoms with van der Waals surface area (Å²) in [6, 6.07) is 16.3. The van der Waals surface area contributed by atoms with E-state index in [0.29, 0.717) is 36.3 Å². The largest absolute Gasteiger partial charge is 0.456 e. The van der Waals surface area contributed by atoms with Crippen molar-refractivity contribution in [1.82, 2.24) is 15.3 Å². The molecule has 7 nitrogen and oxygen atoms in total. The van der Waals surface area contributed by atoms with Gasteiger partial charge in [0.1, 0.15) is 11.5 Å². The number of nitrogens with one attached hydrogen (secondary N) is 1. The van der Waals surface area contributed by atoms with Crippen LogP contribution in [-0.2, 0) is 11.3 Å². The number of ether oxygens (including phenoxy) is 1. The predicted molar refractivity (Wildman–Crippen MR) is 170 cm³/mol. The molecule has 0 saturated carbocycles. The summed E-state index contributed by atoms with van der Waals surface area (Å²) < 4.78 is 6.55. The highest BCUT2D eigenvalue weighted by Crippen LogP contribution is 2.41. The van der Waals surface area contributed by atoms with Gasteiger partial charge in [0.2, 0.25) is 5.91 Å². The van der Waals surface area contributed by atoms with Crippen molar-refractivity contribution in [2.24, 2.45) is 0 Å². The molecule has 0 atom stereocenters. The van der Waals surface area contributed by atoms with Gasteiger partial charge in [-0.2, -0.15) is 5.26 Å². The Morgan fingerprint density at radius 3 is 2.65 bits per heavy atom. The maximum absolute atomic E-state index is 12.0. The Hall–Kier alpha value is -5.14. The molecule has 216 valence electrons. The number of fused-ring (bicyclic) bond motifs is 2. The molecular weight excluding hydrogens is 534 g/mol. The number of carbonyl (C=O) groups is 1. The molecule has 2 aromatic heterocycles. The Balaban J connectivity index is 1.41. The number of aromatic nitrogens is 2. The van der Waals surface area contributed by atoms with E-state index in [2.05, 4.69) is 70.3 Å². The maximum atomic E-state index is 12.0. The molecule has 3 aromatic rings. The van der Waals surface area contributed by atoms with Crippen molar-refractivity contribution in [3.63, 3.8) is 0 Å². The molecule has 0 saturated heterocycles. The van der Waals surface area contributed by atoms with E-state index in [4.69, 9.17) is 11.2 Å². The monoisotopic (exact) mass is 569 g/mol. The summed E-state index contributed by atoms with van der Waals surface area (Å²) in [5.41, 5.74) is 7.91. The van der Waals surface area contributed by atoms with Crippen molar-refractivity contribution < 1.29 is 9.53 Å². The molecular formula is C36H35N5O2. The van der Waals surface area contributed by atoms with E-state index in [1.807, 2.05) is 30.3 Å². The first-order valence-corrected chi connectivity index (χ1v) is 14.8. The van der Waals surface area contributed by atoms with Crippen molar-refractivity contribution in [1.29, 1.82) is 5.26 Å². The third-order valence-corrected chi connectivity index (χ3v) is 7.73. The minimum absolute atomic E-state index is 0.0916. The number of allylic oxidation sites excluding steroid dienone is 4. The van der Waals surface area contributed by atoms with Crippen molar-refractivity contribution >= 4 is 23.2 Å². The molecule has 0 radical (unpaired) electrons. The number of nitrogens with zero attached hydrogens (tertiary/aromatic N) is 4. The average molecular weight is 570 g/mol. The van der Waals surface area contributed by atoms with Crippen LogP contribution in [0.3, 0.4) is 0 Å². The molecule has 1 aliphatic heterocycles. The number of hydrogen-bond acceptors (Lipinski definition) is 6. The Bertz CT molecular complexity index is 1700. The number of pyridine rings is 2. The Kier molecular flexibility index (Phi) is 9.34. The molecule has 0 unspecified atom stereocenters.